The van der Waals surface area contributed by atoms with Crippen LogP contribution in [0.15, 0.2) is 276 Å². The summed E-state index contributed by atoms with van der Waals surface area (Å²) in [7, 11) is 0. The Morgan fingerprint density at radius 2 is 0.678 bits per heavy atom. The Morgan fingerprint density at radius 1 is 0.211 bits per heavy atom. The van der Waals surface area contributed by atoms with E-state index >= 15 is 0 Å². The van der Waals surface area contributed by atoms with Crippen LogP contribution in [0.25, 0.3) is 199 Å². The van der Waals surface area contributed by atoms with Crippen LogP contribution in [-0.2, 0) is 0 Å². The first-order valence-corrected chi connectivity index (χ1v) is 30.0. The predicted molar refractivity (Wildman–Crippen MR) is 364 cm³/mol. The number of benzene rings is 13. The molecule has 0 saturated carbocycles. The van der Waals surface area contributed by atoms with Gasteiger partial charge in [0.05, 0.1) is 10.8 Å². The van der Waals surface area contributed by atoms with Gasteiger partial charge in [-0.1, -0.05) is 194 Å². The first-order valence-electron chi connectivity index (χ1n) is 30.0. The normalized spacial score (nSPS) is 12.0. The fourth-order valence-electron chi connectivity index (χ4n) is 13.8. The summed E-state index contributed by atoms with van der Waals surface area (Å²) in [5.41, 5.74) is 11.7. The molecule has 0 bridgehead atoms. The number of rotatable bonds is 7. The zero-order valence-electron chi connectivity index (χ0n) is 47.8. The summed E-state index contributed by atoms with van der Waals surface area (Å²) in [6.07, 6.45) is 3.59. The monoisotopic (exact) mass is 1150 g/mol. The Hall–Kier alpha value is -12.4. The van der Waals surface area contributed by atoms with E-state index in [0.717, 1.165) is 142 Å². The summed E-state index contributed by atoms with van der Waals surface area (Å²) in [6, 6.07) is 88.8. The van der Waals surface area contributed by atoms with E-state index in [4.69, 9.17) is 48.7 Å². The van der Waals surface area contributed by atoms with E-state index in [2.05, 4.69) is 170 Å². The number of hydrogen-bond acceptors (Lipinski definition) is 10. The SMILES string of the molecule is c1ccc(-c2nc(-c3cccc4c3ccc3c(-c5cc6c7ccccc7cc(-c7nc(-c8ccc9ccccc9c8)nc(-c8cccc9oc%10cccnc%10c89)n7)c6c6ccccc56)cc5ccccc5c34)nc(-c3cccc4oc5cccnc5c34)n2)cc1. The lowest BCUT2D eigenvalue weighted by Gasteiger charge is -2.19. The van der Waals surface area contributed by atoms with Crippen LogP contribution in [-0.4, -0.2) is 39.9 Å². The van der Waals surface area contributed by atoms with Crippen molar-refractivity contribution in [1.29, 1.82) is 0 Å². The minimum atomic E-state index is 0.521. The molecule has 6 heterocycles. The molecule has 0 radical (unpaired) electrons. The van der Waals surface area contributed by atoms with Crippen LogP contribution in [0.5, 0.6) is 0 Å². The van der Waals surface area contributed by atoms with E-state index in [1.807, 2.05) is 84.9 Å². The van der Waals surface area contributed by atoms with Gasteiger partial charge >= 0.3 is 0 Å². The summed E-state index contributed by atoms with van der Waals surface area (Å²) in [4.78, 5) is 41.8. The lowest BCUT2D eigenvalue weighted by Crippen LogP contribution is -2.01. The second-order valence-electron chi connectivity index (χ2n) is 22.9. The van der Waals surface area contributed by atoms with Crippen molar-refractivity contribution in [3.63, 3.8) is 0 Å². The highest BCUT2D eigenvalue weighted by Gasteiger charge is 2.25. The fraction of sp³-hybridized carbons (Fsp3) is 0. The van der Waals surface area contributed by atoms with Gasteiger partial charge in [0.25, 0.3) is 0 Å². The molecule has 19 aromatic rings. The van der Waals surface area contributed by atoms with Crippen molar-refractivity contribution in [2.45, 2.75) is 0 Å². The average Bonchev–Trinajstić information content (AvgIpc) is 0.989. The van der Waals surface area contributed by atoms with Gasteiger partial charge in [-0.15, -0.1) is 0 Å². The molecule has 0 aliphatic heterocycles. The van der Waals surface area contributed by atoms with Crippen LogP contribution < -0.4 is 0 Å². The molecule has 0 aliphatic rings. The number of aromatic nitrogens is 8. The van der Waals surface area contributed by atoms with E-state index in [1.165, 1.54) is 0 Å². The van der Waals surface area contributed by atoms with E-state index in [9.17, 15) is 0 Å². The van der Waals surface area contributed by atoms with Gasteiger partial charge in [0.2, 0.25) is 0 Å². The average molecular weight is 1150 g/mol. The third kappa shape index (κ3) is 7.71. The van der Waals surface area contributed by atoms with Crippen molar-refractivity contribution in [2.75, 3.05) is 0 Å². The van der Waals surface area contributed by atoms with E-state index < -0.39 is 0 Å². The quantitative estimate of drug-likeness (QED) is 0.142. The summed E-state index contributed by atoms with van der Waals surface area (Å²) >= 11 is 0. The van der Waals surface area contributed by atoms with Gasteiger partial charge in [-0.3, -0.25) is 9.97 Å². The smallest absolute Gasteiger partial charge is 0.164 e. The van der Waals surface area contributed by atoms with Gasteiger partial charge < -0.3 is 8.83 Å². The van der Waals surface area contributed by atoms with Crippen LogP contribution in [0, 0.1) is 0 Å². The van der Waals surface area contributed by atoms with E-state index in [1.54, 1.807) is 12.4 Å². The molecule has 0 aliphatic carbocycles. The van der Waals surface area contributed by atoms with Gasteiger partial charge in [0.1, 0.15) is 22.2 Å². The molecule has 19 rings (SSSR count). The van der Waals surface area contributed by atoms with Crippen LogP contribution in [0.2, 0.25) is 0 Å². The van der Waals surface area contributed by atoms with Crippen LogP contribution in [0.3, 0.4) is 0 Å². The van der Waals surface area contributed by atoms with Crippen molar-refractivity contribution in [3.05, 3.63) is 267 Å². The molecule has 416 valence electrons. The number of pyridine rings is 2. The highest BCUT2D eigenvalue weighted by molar-refractivity contribution is 6.30. The highest BCUT2D eigenvalue weighted by Crippen LogP contribution is 2.48. The van der Waals surface area contributed by atoms with Gasteiger partial charge in [-0.2, -0.15) is 0 Å². The Bertz CT molecular complexity index is 6260. The molecule has 0 amide bonds. The molecular formula is C80H44N8O2. The molecule has 0 saturated heterocycles. The molecule has 10 heteroatoms. The molecule has 0 fully saturated rings. The topological polar surface area (TPSA) is 129 Å². The van der Waals surface area contributed by atoms with Crippen molar-refractivity contribution in [1.82, 2.24) is 39.9 Å². The fourth-order valence-corrected chi connectivity index (χ4v) is 13.8. The summed E-state index contributed by atoms with van der Waals surface area (Å²) < 4.78 is 12.7. The second-order valence-corrected chi connectivity index (χ2v) is 22.9. The molecular weight excluding hydrogens is 1100 g/mol. The van der Waals surface area contributed by atoms with Gasteiger partial charge in [-0.25, -0.2) is 29.9 Å². The standard InChI is InChI=1S/C80H44N8O2/c1-2-18-46(19-3-1)75-83-77(87-78(84-75)59-29-13-31-65-71(59)73-67(89-65)33-15-39-81-73)58-28-12-27-56-54(58)37-38-57-61(42-49-22-7-9-24-52(49)69(56)57)62-44-63-51-23-8-6-21-48(51)43-64(70(63)55-26-11-10-25-53(55)62)80-86-76(50-36-35-45-17-4-5-20-47(45)41-50)85-79(88-80)60-30-14-32-66-72(60)74-68(90-66)34-16-40-82-74/h1-44H. The van der Waals surface area contributed by atoms with Crippen molar-refractivity contribution < 1.29 is 8.83 Å². The molecule has 10 nitrogen and oxygen atoms in total. The predicted octanol–water partition coefficient (Wildman–Crippen LogP) is 20.4. The molecule has 0 N–H and O–H groups in total. The van der Waals surface area contributed by atoms with E-state index in [-0.39, 0.29) is 0 Å². The molecule has 0 unspecified atom stereocenters. The largest absolute Gasteiger partial charge is 0.454 e. The summed E-state index contributed by atoms with van der Waals surface area (Å²) in [6.45, 7) is 0. The van der Waals surface area contributed by atoms with Crippen molar-refractivity contribution in [2.24, 2.45) is 0 Å². The third-order valence-electron chi connectivity index (χ3n) is 17.8. The number of hydrogen-bond donors (Lipinski definition) is 0. The maximum atomic E-state index is 6.40. The number of nitrogens with zero attached hydrogens (tertiary/aromatic N) is 8. The summed E-state index contributed by atoms with van der Waals surface area (Å²) in [5.74, 6) is 3.29. The van der Waals surface area contributed by atoms with Crippen LogP contribution in [0.1, 0.15) is 0 Å². The number of furan rings is 2. The summed E-state index contributed by atoms with van der Waals surface area (Å²) in [5, 5.41) is 17.0. The van der Waals surface area contributed by atoms with Gasteiger partial charge in [0, 0.05) is 51.2 Å². The maximum Gasteiger partial charge on any atom is 0.164 e. The Balaban J connectivity index is 0.848. The lowest BCUT2D eigenvalue weighted by atomic mass is 9.85. The lowest BCUT2D eigenvalue weighted by molar-refractivity contribution is 0.668. The molecule has 6 aromatic heterocycles. The molecule has 0 spiro atoms. The maximum absolute atomic E-state index is 6.40. The second kappa shape index (κ2) is 19.6. The van der Waals surface area contributed by atoms with Gasteiger partial charge in [-0.05, 0) is 142 Å². The van der Waals surface area contributed by atoms with Crippen LogP contribution in [0.4, 0.5) is 0 Å². The highest BCUT2D eigenvalue weighted by atomic mass is 16.3. The van der Waals surface area contributed by atoms with Gasteiger partial charge in [0.15, 0.2) is 46.1 Å². The Morgan fingerprint density at radius 3 is 1.38 bits per heavy atom. The first-order chi connectivity index (χ1) is 44.6. The molecule has 90 heavy (non-hydrogen) atoms. The zero-order chi connectivity index (χ0) is 59.0. The minimum absolute atomic E-state index is 0.521. The van der Waals surface area contributed by atoms with Crippen molar-refractivity contribution in [3.8, 4) is 79.5 Å². The minimum Gasteiger partial charge on any atom is -0.454 e. The van der Waals surface area contributed by atoms with Crippen LogP contribution >= 0.6 is 0 Å². The zero-order valence-corrected chi connectivity index (χ0v) is 47.8. The Kier molecular flexibility index (Phi) is 10.8. The Labute approximate surface area is 512 Å². The van der Waals surface area contributed by atoms with E-state index in [0.29, 0.717) is 57.3 Å². The molecule has 13 aromatic carbocycles. The number of fused-ring (bicyclic) bond motifs is 17. The molecule has 0 atom stereocenters. The first kappa shape index (κ1) is 49.8. The third-order valence-corrected chi connectivity index (χ3v) is 17.8. The van der Waals surface area contributed by atoms with Crippen molar-refractivity contribution >= 4 is 120 Å².